The quantitative estimate of drug-likeness (QED) is 0.732. The lowest BCUT2D eigenvalue weighted by Gasteiger charge is -2.39. The van der Waals surface area contributed by atoms with E-state index in [1.165, 1.54) is 17.1 Å². The van der Waals surface area contributed by atoms with E-state index < -0.39 is 0 Å². The topological polar surface area (TPSA) is 6.48 Å². The van der Waals surface area contributed by atoms with Crippen molar-refractivity contribution in [2.45, 2.75) is 39.4 Å². The van der Waals surface area contributed by atoms with Crippen molar-refractivity contribution in [1.29, 1.82) is 0 Å². The Bertz CT molecular complexity index is 598. The van der Waals surface area contributed by atoms with Crippen LogP contribution in [0.3, 0.4) is 0 Å². The van der Waals surface area contributed by atoms with Crippen molar-refractivity contribution in [3.63, 3.8) is 0 Å². The first kappa shape index (κ1) is 13.0. The maximum Gasteiger partial charge on any atom is 0.104 e. The molecule has 2 heteroatoms. The SMILES string of the molecule is C[C@H]1N(c2ccccc2)c2ccccc2N1C(C)(C)C. The second-order valence-electron chi connectivity index (χ2n) is 6.37. The third kappa shape index (κ3) is 1.96. The molecular weight excluding hydrogens is 244 g/mol. The first-order valence-corrected chi connectivity index (χ1v) is 7.23. The maximum absolute atomic E-state index is 2.50. The molecule has 3 rings (SSSR count). The van der Waals surface area contributed by atoms with Crippen LogP contribution in [0.25, 0.3) is 0 Å². The largest absolute Gasteiger partial charge is 0.345 e. The molecule has 0 saturated heterocycles. The molecule has 0 fully saturated rings. The molecular formula is C18H22N2. The average molecular weight is 266 g/mol. The Kier molecular flexibility index (Phi) is 2.97. The van der Waals surface area contributed by atoms with E-state index in [1.54, 1.807) is 0 Å². The van der Waals surface area contributed by atoms with Gasteiger partial charge in [0, 0.05) is 11.2 Å². The average Bonchev–Trinajstić information content (AvgIpc) is 2.71. The van der Waals surface area contributed by atoms with Crippen molar-refractivity contribution >= 4 is 17.1 Å². The Morgan fingerprint density at radius 1 is 0.800 bits per heavy atom. The molecule has 0 saturated carbocycles. The molecule has 2 nitrogen and oxygen atoms in total. The fourth-order valence-electron chi connectivity index (χ4n) is 3.25. The van der Waals surface area contributed by atoms with E-state index in [2.05, 4.69) is 92.1 Å². The molecule has 2 aromatic carbocycles. The molecule has 1 aliphatic rings. The van der Waals surface area contributed by atoms with E-state index >= 15 is 0 Å². The van der Waals surface area contributed by atoms with Crippen LogP contribution < -0.4 is 9.80 Å². The Morgan fingerprint density at radius 2 is 1.35 bits per heavy atom. The van der Waals surface area contributed by atoms with E-state index in [0.717, 1.165) is 0 Å². The van der Waals surface area contributed by atoms with Gasteiger partial charge in [0.25, 0.3) is 0 Å². The molecule has 0 amide bonds. The number of hydrogen-bond donors (Lipinski definition) is 0. The molecule has 0 unspecified atom stereocenters. The lowest BCUT2D eigenvalue weighted by atomic mass is 10.0. The van der Waals surface area contributed by atoms with Crippen LogP contribution in [0.4, 0.5) is 17.1 Å². The molecule has 0 aromatic heterocycles. The summed E-state index contributed by atoms with van der Waals surface area (Å²) in [6.07, 6.45) is 0.315. The first-order valence-electron chi connectivity index (χ1n) is 7.23. The predicted molar refractivity (Wildman–Crippen MR) is 86.7 cm³/mol. The highest BCUT2D eigenvalue weighted by Crippen LogP contribution is 2.46. The van der Waals surface area contributed by atoms with Crippen LogP contribution in [-0.4, -0.2) is 11.7 Å². The van der Waals surface area contributed by atoms with E-state index in [-0.39, 0.29) is 5.54 Å². The van der Waals surface area contributed by atoms with Crippen molar-refractivity contribution in [3.05, 3.63) is 54.6 Å². The van der Waals surface area contributed by atoms with Gasteiger partial charge in [0.1, 0.15) is 6.17 Å². The minimum absolute atomic E-state index is 0.0963. The summed E-state index contributed by atoms with van der Waals surface area (Å²) in [5.41, 5.74) is 3.95. The van der Waals surface area contributed by atoms with Crippen LogP contribution >= 0.6 is 0 Å². The van der Waals surface area contributed by atoms with Gasteiger partial charge < -0.3 is 9.80 Å². The second kappa shape index (κ2) is 4.55. The lowest BCUT2D eigenvalue weighted by Crippen LogP contribution is -2.49. The van der Waals surface area contributed by atoms with Gasteiger partial charge in [-0.25, -0.2) is 0 Å². The highest BCUT2D eigenvalue weighted by atomic mass is 15.4. The van der Waals surface area contributed by atoms with E-state index in [4.69, 9.17) is 0 Å². The Labute approximate surface area is 121 Å². The summed E-state index contributed by atoms with van der Waals surface area (Å²) in [7, 11) is 0. The minimum atomic E-state index is 0.0963. The number of benzene rings is 2. The summed E-state index contributed by atoms with van der Waals surface area (Å²) >= 11 is 0. The minimum Gasteiger partial charge on any atom is -0.345 e. The highest BCUT2D eigenvalue weighted by molar-refractivity contribution is 5.84. The zero-order chi connectivity index (χ0) is 14.3. The third-order valence-electron chi connectivity index (χ3n) is 3.91. The standard InChI is InChI=1S/C18H22N2/c1-14-19(15-10-6-5-7-11-15)16-12-8-9-13-17(16)20(14)18(2,3)4/h5-14H,1-4H3/t14-/m0/s1. The van der Waals surface area contributed by atoms with Crippen molar-refractivity contribution in [2.24, 2.45) is 0 Å². The second-order valence-corrected chi connectivity index (χ2v) is 6.37. The molecule has 0 aliphatic carbocycles. The molecule has 1 heterocycles. The maximum atomic E-state index is 2.50. The number of anilines is 3. The van der Waals surface area contributed by atoms with Crippen molar-refractivity contribution in [1.82, 2.24) is 0 Å². The molecule has 2 aromatic rings. The molecule has 104 valence electrons. The first-order chi connectivity index (χ1) is 9.50. The van der Waals surface area contributed by atoms with E-state index in [0.29, 0.717) is 6.17 Å². The lowest BCUT2D eigenvalue weighted by molar-refractivity contribution is 0.468. The number of hydrogen-bond acceptors (Lipinski definition) is 2. The smallest absolute Gasteiger partial charge is 0.104 e. The van der Waals surface area contributed by atoms with Gasteiger partial charge in [-0.05, 0) is 52.0 Å². The highest BCUT2D eigenvalue weighted by Gasteiger charge is 2.38. The van der Waals surface area contributed by atoms with Crippen molar-refractivity contribution in [2.75, 3.05) is 9.80 Å². The van der Waals surface area contributed by atoms with Crippen molar-refractivity contribution in [3.8, 4) is 0 Å². The summed E-state index contributed by atoms with van der Waals surface area (Å²) in [4.78, 5) is 4.91. The molecule has 0 bridgehead atoms. The summed E-state index contributed by atoms with van der Waals surface area (Å²) in [5, 5.41) is 0. The van der Waals surface area contributed by atoms with Gasteiger partial charge in [0.2, 0.25) is 0 Å². The number of para-hydroxylation sites is 3. The normalized spacial score (nSPS) is 18.3. The van der Waals surface area contributed by atoms with Gasteiger partial charge >= 0.3 is 0 Å². The summed E-state index contributed by atoms with van der Waals surface area (Å²) in [6.45, 7) is 9.09. The summed E-state index contributed by atoms with van der Waals surface area (Å²) in [6, 6.07) is 19.3. The van der Waals surface area contributed by atoms with Crippen LogP contribution in [0.5, 0.6) is 0 Å². The fourth-order valence-corrected chi connectivity index (χ4v) is 3.25. The van der Waals surface area contributed by atoms with Crippen LogP contribution in [0, 0.1) is 0 Å². The van der Waals surface area contributed by atoms with E-state index in [1.807, 2.05) is 0 Å². The molecule has 0 radical (unpaired) electrons. The Balaban J connectivity index is 2.14. The van der Waals surface area contributed by atoms with Gasteiger partial charge in [0.15, 0.2) is 0 Å². The van der Waals surface area contributed by atoms with Crippen molar-refractivity contribution < 1.29 is 0 Å². The number of nitrogens with zero attached hydrogens (tertiary/aromatic N) is 2. The molecule has 1 atom stereocenters. The van der Waals surface area contributed by atoms with Crippen LogP contribution in [0.1, 0.15) is 27.7 Å². The van der Waals surface area contributed by atoms with Crippen LogP contribution in [0.15, 0.2) is 54.6 Å². The molecule has 1 aliphatic heterocycles. The number of fused-ring (bicyclic) bond motifs is 1. The number of rotatable bonds is 1. The molecule has 0 spiro atoms. The van der Waals surface area contributed by atoms with E-state index in [9.17, 15) is 0 Å². The fraction of sp³-hybridized carbons (Fsp3) is 0.333. The summed E-state index contributed by atoms with van der Waals surface area (Å²) in [5.74, 6) is 0. The van der Waals surface area contributed by atoms with Gasteiger partial charge in [-0.2, -0.15) is 0 Å². The Hall–Kier alpha value is -1.96. The van der Waals surface area contributed by atoms with Gasteiger partial charge in [-0.3, -0.25) is 0 Å². The summed E-state index contributed by atoms with van der Waals surface area (Å²) < 4.78 is 0. The zero-order valence-electron chi connectivity index (χ0n) is 12.7. The molecule has 20 heavy (non-hydrogen) atoms. The predicted octanol–water partition coefficient (Wildman–Crippen LogP) is 4.79. The Morgan fingerprint density at radius 3 is 1.95 bits per heavy atom. The van der Waals surface area contributed by atoms with Gasteiger partial charge in [-0.1, -0.05) is 30.3 Å². The van der Waals surface area contributed by atoms with Gasteiger partial charge in [0.05, 0.1) is 11.4 Å². The molecule has 0 N–H and O–H groups in total. The van der Waals surface area contributed by atoms with Crippen LogP contribution in [-0.2, 0) is 0 Å². The van der Waals surface area contributed by atoms with Gasteiger partial charge in [-0.15, -0.1) is 0 Å². The monoisotopic (exact) mass is 266 g/mol. The van der Waals surface area contributed by atoms with Crippen LogP contribution in [0.2, 0.25) is 0 Å². The zero-order valence-corrected chi connectivity index (χ0v) is 12.7. The third-order valence-corrected chi connectivity index (χ3v) is 3.91.